The van der Waals surface area contributed by atoms with Crippen LogP contribution >= 0.6 is 0 Å². The summed E-state index contributed by atoms with van der Waals surface area (Å²) in [5.41, 5.74) is 8.65. The highest BCUT2D eigenvalue weighted by molar-refractivity contribution is 5.89. The molecule has 1 saturated heterocycles. The van der Waals surface area contributed by atoms with E-state index in [1.807, 2.05) is 19.1 Å². The zero-order valence-electron chi connectivity index (χ0n) is 15.6. The van der Waals surface area contributed by atoms with E-state index in [0.29, 0.717) is 17.4 Å². The summed E-state index contributed by atoms with van der Waals surface area (Å²) in [5, 5.41) is 9.85. The Balaban J connectivity index is 1.54. The van der Waals surface area contributed by atoms with E-state index in [1.165, 1.54) is 5.69 Å². The van der Waals surface area contributed by atoms with Crippen LogP contribution in [0.3, 0.4) is 0 Å². The van der Waals surface area contributed by atoms with Crippen molar-refractivity contribution in [2.24, 2.45) is 5.73 Å². The molecule has 1 aromatic carbocycles. The van der Waals surface area contributed by atoms with Crippen molar-refractivity contribution >= 4 is 40.2 Å². The molecule has 0 bridgehead atoms. The Hall–Kier alpha value is -3.46. The second-order valence-corrected chi connectivity index (χ2v) is 6.65. The number of carbonyl (C=O) groups excluding carboxylic acids is 1. The molecule has 2 amide bonds. The lowest BCUT2D eigenvalue weighted by molar-refractivity contribution is 0.259. The molecule has 1 fully saturated rings. The molecule has 3 heterocycles. The van der Waals surface area contributed by atoms with Gasteiger partial charge in [-0.2, -0.15) is 4.98 Å². The number of nitrogens with two attached hydrogens (primary N) is 1. The van der Waals surface area contributed by atoms with E-state index < -0.39 is 6.03 Å². The van der Waals surface area contributed by atoms with Gasteiger partial charge in [0.05, 0.1) is 0 Å². The van der Waals surface area contributed by atoms with Crippen molar-refractivity contribution in [1.82, 2.24) is 20.3 Å². The number of nitrogens with one attached hydrogen (secondary N) is 3. The van der Waals surface area contributed by atoms with Crippen molar-refractivity contribution < 1.29 is 4.79 Å². The first-order valence-electron chi connectivity index (χ1n) is 9.12. The number of rotatable bonds is 4. The number of pyridine rings is 1. The van der Waals surface area contributed by atoms with Crippen LogP contribution in [0, 0.1) is 6.92 Å². The van der Waals surface area contributed by atoms with Gasteiger partial charge in [-0.15, -0.1) is 0 Å². The molecule has 0 radical (unpaired) electrons. The SMILES string of the molecule is Cc1cc(NC(N)=O)nc2nc(Nc3ccc(N4CCNCC4)cc3)ncc12. The minimum Gasteiger partial charge on any atom is -0.369 e. The smallest absolute Gasteiger partial charge is 0.317 e. The molecule has 5 N–H and O–H groups in total. The summed E-state index contributed by atoms with van der Waals surface area (Å²) in [6.07, 6.45) is 1.72. The van der Waals surface area contributed by atoms with E-state index in [1.54, 1.807) is 12.3 Å². The van der Waals surface area contributed by atoms with Gasteiger partial charge in [-0.25, -0.2) is 14.8 Å². The molecular weight excluding hydrogens is 356 g/mol. The molecule has 3 aromatic rings. The molecule has 1 aliphatic heterocycles. The van der Waals surface area contributed by atoms with Crippen molar-refractivity contribution in [3.63, 3.8) is 0 Å². The average molecular weight is 378 g/mol. The lowest BCUT2D eigenvalue weighted by Crippen LogP contribution is -2.43. The topological polar surface area (TPSA) is 121 Å². The number of aromatic nitrogens is 3. The minimum atomic E-state index is -0.664. The van der Waals surface area contributed by atoms with Gasteiger partial charge in [0.25, 0.3) is 0 Å². The molecule has 9 nitrogen and oxygen atoms in total. The molecule has 2 aromatic heterocycles. The van der Waals surface area contributed by atoms with Gasteiger partial charge in [-0.3, -0.25) is 5.32 Å². The van der Waals surface area contributed by atoms with Crippen molar-refractivity contribution in [3.05, 3.63) is 42.1 Å². The number of urea groups is 1. The van der Waals surface area contributed by atoms with E-state index in [4.69, 9.17) is 5.73 Å². The van der Waals surface area contributed by atoms with E-state index >= 15 is 0 Å². The number of fused-ring (bicyclic) bond motifs is 1. The maximum absolute atomic E-state index is 11.1. The standard InChI is InChI=1S/C19H22N8O/c1-12-10-16(25-18(20)28)24-17-15(12)11-22-19(26-17)23-13-2-4-14(5-3-13)27-8-6-21-7-9-27/h2-5,10-11,21H,6-9H2,1H3,(H4,20,22,23,24,25,26,28). The molecule has 0 unspecified atom stereocenters. The summed E-state index contributed by atoms with van der Waals surface area (Å²) in [7, 11) is 0. The van der Waals surface area contributed by atoms with Crippen LogP contribution in [0.5, 0.6) is 0 Å². The number of primary amides is 1. The molecule has 1 aliphatic rings. The highest BCUT2D eigenvalue weighted by atomic mass is 16.2. The van der Waals surface area contributed by atoms with Gasteiger partial charge in [0.15, 0.2) is 5.65 Å². The zero-order chi connectivity index (χ0) is 19.5. The van der Waals surface area contributed by atoms with E-state index in [0.717, 1.165) is 42.8 Å². The predicted octanol–water partition coefficient (Wildman–Crippen LogP) is 1.98. The van der Waals surface area contributed by atoms with Gasteiger partial charge >= 0.3 is 6.03 Å². The first kappa shape index (κ1) is 17.9. The van der Waals surface area contributed by atoms with Crippen LogP contribution in [-0.2, 0) is 0 Å². The van der Waals surface area contributed by atoms with E-state index in [2.05, 4.69) is 47.9 Å². The molecule has 4 rings (SSSR count). The summed E-state index contributed by atoms with van der Waals surface area (Å²) in [4.78, 5) is 26.6. The second-order valence-electron chi connectivity index (χ2n) is 6.65. The van der Waals surface area contributed by atoms with Gasteiger partial charge < -0.3 is 21.3 Å². The van der Waals surface area contributed by atoms with Gasteiger partial charge in [0.2, 0.25) is 5.95 Å². The first-order valence-corrected chi connectivity index (χ1v) is 9.12. The number of hydrogen-bond acceptors (Lipinski definition) is 7. The van der Waals surface area contributed by atoms with Crippen LogP contribution in [-0.4, -0.2) is 47.2 Å². The molecular formula is C19H22N8O. The van der Waals surface area contributed by atoms with Crippen LogP contribution < -0.4 is 26.6 Å². The maximum atomic E-state index is 11.1. The van der Waals surface area contributed by atoms with Gasteiger partial charge in [-0.1, -0.05) is 0 Å². The third-order valence-corrected chi connectivity index (χ3v) is 4.63. The Morgan fingerprint density at radius 2 is 1.93 bits per heavy atom. The lowest BCUT2D eigenvalue weighted by atomic mass is 10.2. The number of aryl methyl sites for hydroxylation is 1. The van der Waals surface area contributed by atoms with Crippen molar-refractivity contribution in [2.45, 2.75) is 6.92 Å². The van der Waals surface area contributed by atoms with Crippen LogP contribution in [0.25, 0.3) is 11.0 Å². The highest BCUT2D eigenvalue weighted by Crippen LogP contribution is 2.22. The van der Waals surface area contributed by atoms with Gasteiger partial charge in [0.1, 0.15) is 5.82 Å². The highest BCUT2D eigenvalue weighted by Gasteiger charge is 2.11. The van der Waals surface area contributed by atoms with Gasteiger partial charge in [-0.05, 0) is 42.8 Å². The minimum absolute atomic E-state index is 0.363. The first-order chi connectivity index (χ1) is 13.6. The molecule has 9 heteroatoms. The van der Waals surface area contributed by atoms with Crippen molar-refractivity contribution in [1.29, 1.82) is 0 Å². The maximum Gasteiger partial charge on any atom is 0.317 e. The van der Waals surface area contributed by atoms with Crippen LogP contribution in [0.4, 0.5) is 27.9 Å². The molecule has 0 saturated carbocycles. The fourth-order valence-electron chi connectivity index (χ4n) is 3.22. The zero-order valence-corrected chi connectivity index (χ0v) is 15.6. The number of hydrogen-bond donors (Lipinski definition) is 4. The monoisotopic (exact) mass is 378 g/mol. The summed E-state index contributed by atoms with van der Waals surface area (Å²) >= 11 is 0. The lowest BCUT2D eigenvalue weighted by Gasteiger charge is -2.29. The fraction of sp³-hybridized carbons (Fsp3) is 0.263. The van der Waals surface area contributed by atoms with Crippen molar-refractivity contribution in [2.75, 3.05) is 41.7 Å². The third kappa shape index (κ3) is 3.94. The Labute approximate surface area is 162 Å². The van der Waals surface area contributed by atoms with E-state index in [-0.39, 0.29) is 0 Å². The van der Waals surface area contributed by atoms with Crippen LogP contribution in [0.1, 0.15) is 5.56 Å². The fourth-order valence-corrected chi connectivity index (χ4v) is 3.22. The van der Waals surface area contributed by atoms with Crippen molar-refractivity contribution in [3.8, 4) is 0 Å². The Kier molecular flexibility index (Phi) is 4.90. The van der Waals surface area contributed by atoms with Crippen LogP contribution in [0.15, 0.2) is 36.5 Å². The number of amides is 2. The number of anilines is 4. The second kappa shape index (κ2) is 7.65. The Morgan fingerprint density at radius 3 is 2.64 bits per heavy atom. The van der Waals surface area contributed by atoms with Gasteiger partial charge in [0, 0.05) is 49.1 Å². The number of carbonyl (C=O) groups is 1. The Morgan fingerprint density at radius 1 is 1.18 bits per heavy atom. The van der Waals surface area contributed by atoms with E-state index in [9.17, 15) is 4.79 Å². The predicted molar refractivity (Wildman–Crippen MR) is 110 cm³/mol. The Bertz CT molecular complexity index is 999. The summed E-state index contributed by atoms with van der Waals surface area (Å²) in [6.45, 7) is 5.93. The molecule has 0 aliphatic carbocycles. The molecule has 144 valence electrons. The average Bonchev–Trinajstić information content (AvgIpc) is 2.68. The molecule has 0 spiro atoms. The quantitative estimate of drug-likeness (QED) is 0.548. The molecule has 28 heavy (non-hydrogen) atoms. The number of piperazine rings is 1. The van der Waals surface area contributed by atoms with Crippen LogP contribution in [0.2, 0.25) is 0 Å². The number of benzene rings is 1. The summed E-state index contributed by atoms with van der Waals surface area (Å²) in [5.74, 6) is 0.799. The third-order valence-electron chi connectivity index (χ3n) is 4.63. The number of nitrogens with zero attached hydrogens (tertiary/aromatic N) is 4. The normalized spacial score (nSPS) is 14.1. The summed E-state index contributed by atoms with van der Waals surface area (Å²) in [6, 6.07) is 9.27. The largest absolute Gasteiger partial charge is 0.369 e. The summed E-state index contributed by atoms with van der Waals surface area (Å²) < 4.78 is 0. The molecule has 0 atom stereocenters.